The Bertz CT molecular complexity index is 575. The molecule has 1 aromatic carbocycles. The van der Waals surface area contributed by atoms with Gasteiger partial charge in [-0.25, -0.2) is 0 Å². The highest BCUT2D eigenvalue weighted by molar-refractivity contribution is 6.30. The van der Waals surface area contributed by atoms with E-state index < -0.39 is 5.60 Å². The summed E-state index contributed by atoms with van der Waals surface area (Å²) in [5.41, 5.74) is 0.0855. The standard InChI is InChI=1S/C15H20ClN3O2/c1-4-19(10-15(2,3)20)9-13-17-14(21-18-13)11-5-7-12(16)8-6-11/h5-8,20H,4,9-10H2,1-3H3. The second-order valence-electron chi connectivity index (χ2n) is 5.64. The number of hydrogen-bond donors (Lipinski definition) is 1. The lowest BCUT2D eigenvalue weighted by Crippen LogP contribution is -2.38. The molecule has 0 spiro atoms. The van der Waals surface area contributed by atoms with Crippen molar-refractivity contribution < 1.29 is 9.63 Å². The highest BCUT2D eigenvalue weighted by Crippen LogP contribution is 2.20. The lowest BCUT2D eigenvalue weighted by Gasteiger charge is -2.26. The molecule has 1 N–H and O–H groups in total. The van der Waals surface area contributed by atoms with Crippen LogP contribution in [0, 0.1) is 0 Å². The molecule has 0 saturated heterocycles. The molecule has 1 heterocycles. The fourth-order valence-electron chi connectivity index (χ4n) is 2.05. The summed E-state index contributed by atoms with van der Waals surface area (Å²) in [7, 11) is 0. The molecular formula is C15H20ClN3O2. The molecule has 6 heteroatoms. The van der Waals surface area contributed by atoms with Crippen molar-refractivity contribution in [2.24, 2.45) is 0 Å². The molecule has 0 fully saturated rings. The summed E-state index contributed by atoms with van der Waals surface area (Å²) < 4.78 is 5.27. The van der Waals surface area contributed by atoms with Gasteiger partial charge in [0.25, 0.3) is 5.89 Å². The second kappa shape index (κ2) is 6.56. The van der Waals surface area contributed by atoms with Gasteiger partial charge < -0.3 is 9.63 Å². The zero-order chi connectivity index (χ0) is 15.5. The van der Waals surface area contributed by atoms with Crippen LogP contribution in [0.2, 0.25) is 5.02 Å². The summed E-state index contributed by atoms with van der Waals surface area (Å²) in [5.74, 6) is 1.08. The summed E-state index contributed by atoms with van der Waals surface area (Å²) in [4.78, 5) is 6.45. The molecule has 0 amide bonds. The zero-order valence-electron chi connectivity index (χ0n) is 12.5. The molecule has 1 aromatic heterocycles. The lowest BCUT2D eigenvalue weighted by atomic mass is 10.1. The maximum atomic E-state index is 9.89. The van der Waals surface area contributed by atoms with E-state index in [9.17, 15) is 5.11 Å². The van der Waals surface area contributed by atoms with Gasteiger partial charge >= 0.3 is 0 Å². The van der Waals surface area contributed by atoms with Crippen molar-refractivity contribution in [2.75, 3.05) is 13.1 Å². The van der Waals surface area contributed by atoms with E-state index in [0.29, 0.717) is 29.8 Å². The number of benzene rings is 1. The van der Waals surface area contributed by atoms with Gasteiger partial charge in [0.05, 0.1) is 12.1 Å². The van der Waals surface area contributed by atoms with Gasteiger partial charge in [-0.2, -0.15) is 4.98 Å². The van der Waals surface area contributed by atoms with Crippen LogP contribution in [-0.2, 0) is 6.54 Å². The maximum absolute atomic E-state index is 9.89. The van der Waals surface area contributed by atoms with Crippen LogP contribution in [0.15, 0.2) is 28.8 Å². The first kappa shape index (κ1) is 15.9. The lowest BCUT2D eigenvalue weighted by molar-refractivity contribution is 0.0343. The van der Waals surface area contributed by atoms with Crippen LogP contribution in [0.4, 0.5) is 0 Å². The first-order chi connectivity index (χ1) is 9.87. The Morgan fingerprint density at radius 1 is 1.29 bits per heavy atom. The average Bonchev–Trinajstić information content (AvgIpc) is 2.85. The van der Waals surface area contributed by atoms with Gasteiger partial charge in [0.2, 0.25) is 0 Å². The number of hydrogen-bond acceptors (Lipinski definition) is 5. The normalized spacial score (nSPS) is 12.1. The quantitative estimate of drug-likeness (QED) is 0.889. The smallest absolute Gasteiger partial charge is 0.257 e. The van der Waals surface area contributed by atoms with E-state index in [0.717, 1.165) is 12.1 Å². The molecular weight excluding hydrogens is 290 g/mol. The van der Waals surface area contributed by atoms with Gasteiger partial charge in [0.15, 0.2) is 5.82 Å². The molecule has 0 radical (unpaired) electrons. The fourth-order valence-corrected chi connectivity index (χ4v) is 2.18. The van der Waals surface area contributed by atoms with Crippen molar-refractivity contribution in [1.82, 2.24) is 15.0 Å². The SMILES string of the molecule is CCN(Cc1noc(-c2ccc(Cl)cc2)n1)CC(C)(C)O. The van der Waals surface area contributed by atoms with E-state index in [1.165, 1.54) is 0 Å². The Labute approximate surface area is 129 Å². The van der Waals surface area contributed by atoms with Crippen molar-refractivity contribution in [3.05, 3.63) is 35.1 Å². The molecule has 0 aliphatic rings. The molecule has 5 nitrogen and oxygen atoms in total. The molecule has 2 aromatic rings. The molecule has 2 rings (SSSR count). The van der Waals surface area contributed by atoms with Crippen molar-refractivity contribution in [3.8, 4) is 11.5 Å². The summed E-state index contributed by atoms with van der Waals surface area (Å²) in [6.07, 6.45) is 0. The zero-order valence-corrected chi connectivity index (χ0v) is 13.3. The molecule has 0 unspecified atom stereocenters. The molecule has 0 saturated carbocycles. The molecule has 0 aliphatic heterocycles. The van der Waals surface area contributed by atoms with E-state index in [1.807, 2.05) is 19.1 Å². The third-order valence-electron chi connectivity index (χ3n) is 2.98. The van der Waals surface area contributed by atoms with Crippen molar-refractivity contribution >= 4 is 11.6 Å². The number of likely N-dealkylation sites (N-methyl/N-ethyl adjacent to an activating group) is 1. The highest BCUT2D eigenvalue weighted by Gasteiger charge is 2.19. The summed E-state index contributed by atoms with van der Waals surface area (Å²) in [6, 6.07) is 7.25. The topological polar surface area (TPSA) is 62.4 Å². The number of halogens is 1. The Kier molecular flexibility index (Phi) is 4.98. The first-order valence-electron chi connectivity index (χ1n) is 6.90. The van der Waals surface area contributed by atoms with Crippen LogP contribution >= 0.6 is 11.6 Å². The fraction of sp³-hybridized carbons (Fsp3) is 0.467. The first-order valence-corrected chi connectivity index (χ1v) is 7.28. The van der Waals surface area contributed by atoms with Crippen molar-refractivity contribution in [1.29, 1.82) is 0 Å². The van der Waals surface area contributed by atoms with Crippen LogP contribution in [0.25, 0.3) is 11.5 Å². The Balaban J connectivity index is 2.07. The molecule has 0 aliphatic carbocycles. The van der Waals surface area contributed by atoms with Crippen molar-refractivity contribution in [2.45, 2.75) is 32.9 Å². The van der Waals surface area contributed by atoms with Crippen LogP contribution in [0.1, 0.15) is 26.6 Å². The Morgan fingerprint density at radius 2 is 1.95 bits per heavy atom. The van der Waals surface area contributed by atoms with Gasteiger partial charge in [-0.05, 0) is 44.7 Å². The monoisotopic (exact) mass is 309 g/mol. The molecule has 21 heavy (non-hydrogen) atoms. The second-order valence-corrected chi connectivity index (χ2v) is 6.07. The van der Waals surface area contributed by atoms with Gasteiger partial charge in [0.1, 0.15) is 0 Å². The van der Waals surface area contributed by atoms with E-state index in [2.05, 4.69) is 15.0 Å². The van der Waals surface area contributed by atoms with Crippen LogP contribution in [0.3, 0.4) is 0 Å². The molecule has 0 bridgehead atoms. The summed E-state index contributed by atoms with van der Waals surface area (Å²) in [5, 5.41) is 14.5. The van der Waals surface area contributed by atoms with Gasteiger partial charge in [-0.3, -0.25) is 4.90 Å². The van der Waals surface area contributed by atoms with Crippen LogP contribution < -0.4 is 0 Å². The molecule has 0 atom stereocenters. The van der Waals surface area contributed by atoms with E-state index in [-0.39, 0.29) is 0 Å². The number of nitrogens with zero attached hydrogens (tertiary/aromatic N) is 3. The summed E-state index contributed by atoms with van der Waals surface area (Å²) >= 11 is 5.86. The largest absolute Gasteiger partial charge is 0.389 e. The van der Waals surface area contributed by atoms with Gasteiger partial charge in [0, 0.05) is 17.1 Å². The Morgan fingerprint density at radius 3 is 2.52 bits per heavy atom. The molecule has 114 valence electrons. The number of aliphatic hydroxyl groups is 1. The third kappa shape index (κ3) is 4.81. The van der Waals surface area contributed by atoms with Gasteiger partial charge in [-0.15, -0.1) is 0 Å². The number of aromatic nitrogens is 2. The highest BCUT2D eigenvalue weighted by atomic mass is 35.5. The predicted octanol–water partition coefficient (Wildman–Crippen LogP) is 2.98. The minimum Gasteiger partial charge on any atom is -0.389 e. The summed E-state index contributed by atoms with van der Waals surface area (Å²) in [6.45, 7) is 7.49. The van der Waals surface area contributed by atoms with Crippen LogP contribution in [0.5, 0.6) is 0 Å². The van der Waals surface area contributed by atoms with E-state index in [1.54, 1.807) is 26.0 Å². The Hall–Kier alpha value is -1.43. The van der Waals surface area contributed by atoms with E-state index in [4.69, 9.17) is 16.1 Å². The predicted molar refractivity (Wildman–Crippen MR) is 82.0 cm³/mol. The maximum Gasteiger partial charge on any atom is 0.257 e. The van der Waals surface area contributed by atoms with Crippen molar-refractivity contribution in [3.63, 3.8) is 0 Å². The average molecular weight is 310 g/mol. The third-order valence-corrected chi connectivity index (χ3v) is 3.23. The number of rotatable bonds is 6. The minimum atomic E-state index is -0.751. The van der Waals surface area contributed by atoms with E-state index >= 15 is 0 Å². The van der Waals surface area contributed by atoms with Gasteiger partial charge in [-0.1, -0.05) is 23.7 Å². The minimum absolute atomic E-state index is 0.473. The van der Waals surface area contributed by atoms with Crippen LogP contribution in [-0.4, -0.2) is 38.8 Å².